The Morgan fingerprint density at radius 3 is 2.45 bits per heavy atom. The molecule has 1 atom stereocenters. The zero-order valence-corrected chi connectivity index (χ0v) is 15.9. The molecule has 0 bridgehead atoms. The van der Waals surface area contributed by atoms with Crippen LogP contribution in [0.15, 0.2) is 59.7 Å². The van der Waals surface area contributed by atoms with Crippen LogP contribution in [0, 0.1) is 18.7 Å². The van der Waals surface area contributed by atoms with E-state index in [1.807, 2.05) is 25.1 Å². The molecule has 0 saturated heterocycles. The molecule has 2 heterocycles. The van der Waals surface area contributed by atoms with Gasteiger partial charge in [-0.05, 0) is 60.0 Å². The summed E-state index contributed by atoms with van der Waals surface area (Å²) >= 11 is 0. The lowest BCUT2D eigenvalue weighted by Crippen LogP contribution is -2.27. The van der Waals surface area contributed by atoms with Gasteiger partial charge in [0, 0.05) is 17.3 Å². The number of hydrogen-bond acceptors (Lipinski definition) is 5. The van der Waals surface area contributed by atoms with Crippen LogP contribution in [0.1, 0.15) is 16.7 Å². The van der Waals surface area contributed by atoms with E-state index in [2.05, 4.69) is 9.98 Å². The van der Waals surface area contributed by atoms with Crippen molar-refractivity contribution in [1.82, 2.24) is 4.98 Å². The Morgan fingerprint density at radius 1 is 1.07 bits per heavy atom. The van der Waals surface area contributed by atoms with Gasteiger partial charge in [-0.1, -0.05) is 12.1 Å². The molecule has 0 amide bonds. The predicted molar refractivity (Wildman–Crippen MR) is 106 cm³/mol. The molecule has 29 heavy (non-hydrogen) atoms. The summed E-state index contributed by atoms with van der Waals surface area (Å²) in [4.78, 5) is 8.19. The monoisotopic (exact) mass is 395 g/mol. The van der Waals surface area contributed by atoms with Gasteiger partial charge >= 0.3 is 0 Å². The summed E-state index contributed by atoms with van der Waals surface area (Å²) in [5.74, 6) is -0.326. The van der Waals surface area contributed by atoms with Gasteiger partial charge in [-0.25, -0.2) is 14.4 Å². The highest BCUT2D eigenvalue weighted by Crippen LogP contribution is 2.40. The van der Waals surface area contributed by atoms with Crippen LogP contribution in [0.3, 0.4) is 0 Å². The Balaban J connectivity index is 1.88. The third-order valence-corrected chi connectivity index (χ3v) is 5.08. The number of aryl methyl sites for hydroxylation is 1. The van der Waals surface area contributed by atoms with Crippen molar-refractivity contribution in [3.63, 3.8) is 0 Å². The van der Waals surface area contributed by atoms with Crippen LogP contribution in [-0.4, -0.2) is 24.7 Å². The number of aromatic nitrogens is 1. The highest BCUT2D eigenvalue weighted by Gasteiger charge is 2.40. The van der Waals surface area contributed by atoms with Gasteiger partial charge in [0.2, 0.25) is 5.95 Å². The lowest BCUT2D eigenvalue weighted by atomic mass is 9.82. The molecular formula is C22H19F2N3O2. The van der Waals surface area contributed by atoms with E-state index in [-0.39, 0.29) is 12.6 Å². The number of ether oxygens (including phenoxy) is 2. The van der Waals surface area contributed by atoms with Crippen LogP contribution in [0.25, 0.3) is 11.1 Å². The van der Waals surface area contributed by atoms with Crippen molar-refractivity contribution in [2.24, 2.45) is 10.7 Å². The molecule has 7 heteroatoms. The number of benzene rings is 2. The summed E-state index contributed by atoms with van der Waals surface area (Å²) in [7, 11) is 1.61. The Labute approximate surface area is 166 Å². The number of amidine groups is 1. The minimum absolute atomic E-state index is 0.0628. The van der Waals surface area contributed by atoms with Gasteiger partial charge < -0.3 is 15.2 Å². The molecule has 148 valence electrons. The summed E-state index contributed by atoms with van der Waals surface area (Å²) in [5.41, 5.74) is 8.13. The highest BCUT2D eigenvalue weighted by molar-refractivity contribution is 5.76. The molecule has 1 aliphatic rings. The molecule has 0 saturated carbocycles. The van der Waals surface area contributed by atoms with Crippen LogP contribution < -0.4 is 10.5 Å². The Hall–Kier alpha value is -3.48. The molecule has 2 N–H and O–H groups in total. The van der Waals surface area contributed by atoms with E-state index >= 15 is 0 Å². The van der Waals surface area contributed by atoms with Crippen molar-refractivity contribution >= 4 is 6.02 Å². The molecule has 4 rings (SSSR count). The lowest BCUT2D eigenvalue weighted by molar-refractivity contribution is 0.278. The fourth-order valence-electron chi connectivity index (χ4n) is 3.57. The number of halogens is 2. The number of hydrogen-bond donors (Lipinski definition) is 1. The first-order valence-electron chi connectivity index (χ1n) is 8.98. The van der Waals surface area contributed by atoms with Gasteiger partial charge in [-0.2, -0.15) is 4.39 Å². The van der Waals surface area contributed by atoms with Crippen molar-refractivity contribution in [2.75, 3.05) is 13.7 Å². The molecule has 1 aliphatic heterocycles. The standard InChI is InChI=1S/C22H19F2N3O2/c1-13-9-15(5-7-19(13)28-2)22(12-29-21(25)27-22)16-4-6-18(23)17(10-16)14-3-8-20(24)26-11-14/h3-11H,12H2,1-2H3,(H2,25,27)/t22-/m0/s1. The first-order chi connectivity index (χ1) is 13.9. The number of nitrogens with zero attached hydrogens (tertiary/aromatic N) is 2. The zero-order valence-electron chi connectivity index (χ0n) is 15.9. The number of pyridine rings is 1. The minimum atomic E-state index is -0.934. The van der Waals surface area contributed by atoms with E-state index in [4.69, 9.17) is 15.2 Å². The minimum Gasteiger partial charge on any atom is -0.496 e. The second kappa shape index (κ2) is 7.16. The largest absolute Gasteiger partial charge is 0.496 e. The second-order valence-electron chi connectivity index (χ2n) is 6.85. The zero-order chi connectivity index (χ0) is 20.6. The number of methoxy groups -OCH3 is 1. The van der Waals surface area contributed by atoms with E-state index in [1.165, 1.54) is 24.4 Å². The van der Waals surface area contributed by atoms with Crippen LogP contribution in [0.5, 0.6) is 5.75 Å². The second-order valence-corrected chi connectivity index (χ2v) is 6.85. The third kappa shape index (κ3) is 3.29. The maximum absolute atomic E-state index is 14.6. The van der Waals surface area contributed by atoms with Gasteiger partial charge in [0.15, 0.2) is 5.54 Å². The van der Waals surface area contributed by atoms with Gasteiger partial charge in [-0.3, -0.25) is 0 Å². The summed E-state index contributed by atoms with van der Waals surface area (Å²) in [5, 5.41) is 0. The summed E-state index contributed by atoms with van der Waals surface area (Å²) in [6.45, 7) is 2.11. The van der Waals surface area contributed by atoms with E-state index < -0.39 is 17.3 Å². The summed E-state index contributed by atoms with van der Waals surface area (Å²) < 4.78 is 38.6. The average molecular weight is 395 g/mol. The maximum Gasteiger partial charge on any atom is 0.283 e. The lowest BCUT2D eigenvalue weighted by Gasteiger charge is -2.26. The van der Waals surface area contributed by atoms with Crippen molar-refractivity contribution in [3.05, 3.63) is 83.2 Å². The normalized spacial score (nSPS) is 18.3. The van der Waals surface area contributed by atoms with Crippen molar-refractivity contribution in [2.45, 2.75) is 12.5 Å². The topological polar surface area (TPSA) is 69.7 Å². The number of rotatable bonds is 4. The summed E-state index contributed by atoms with van der Waals surface area (Å²) in [6, 6.07) is 13.1. The third-order valence-electron chi connectivity index (χ3n) is 5.08. The average Bonchev–Trinajstić information content (AvgIpc) is 3.12. The first-order valence-corrected chi connectivity index (χ1v) is 8.98. The molecule has 0 spiro atoms. The molecule has 0 aliphatic carbocycles. The maximum atomic E-state index is 14.6. The molecule has 3 aromatic rings. The molecule has 0 radical (unpaired) electrons. The smallest absolute Gasteiger partial charge is 0.283 e. The molecule has 0 fully saturated rings. The van der Waals surface area contributed by atoms with E-state index in [9.17, 15) is 8.78 Å². The molecule has 0 unspecified atom stereocenters. The quantitative estimate of drug-likeness (QED) is 0.680. The van der Waals surface area contributed by atoms with Gasteiger partial charge in [0.25, 0.3) is 6.02 Å². The number of aliphatic imine (C=N–C) groups is 1. The first kappa shape index (κ1) is 18.9. The fraction of sp³-hybridized carbons (Fsp3) is 0.182. The van der Waals surface area contributed by atoms with Crippen LogP contribution in [0.4, 0.5) is 8.78 Å². The van der Waals surface area contributed by atoms with Crippen LogP contribution in [0.2, 0.25) is 0 Å². The Kier molecular flexibility index (Phi) is 4.66. The van der Waals surface area contributed by atoms with E-state index in [1.54, 1.807) is 19.2 Å². The fourth-order valence-corrected chi connectivity index (χ4v) is 3.57. The van der Waals surface area contributed by atoms with Crippen LogP contribution in [-0.2, 0) is 10.3 Å². The van der Waals surface area contributed by atoms with Crippen molar-refractivity contribution in [1.29, 1.82) is 0 Å². The van der Waals surface area contributed by atoms with E-state index in [0.29, 0.717) is 16.7 Å². The van der Waals surface area contributed by atoms with Gasteiger partial charge in [0.1, 0.15) is 18.2 Å². The van der Waals surface area contributed by atoms with E-state index in [0.717, 1.165) is 16.9 Å². The highest BCUT2D eigenvalue weighted by atomic mass is 19.1. The molecule has 2 aromatic carbocycles. The SMILES string of the molecule is COc1ccc([C@]2(c3ccc(F)c(-c4ccc(F)nc4)c3)COC(N)=N2)cc1C. The van der Waals surface area contributed by atoms with Gasteiger partial charge in [-0.15, -0.1) is 0 Å². The summed E-state index contributed by atoms with van der Waals surface area (Å²) in [6.07, 6.45) is 1.30. The molecular weight excluding hydrogens is 376 g/mol. The van der Waals surface area contributed by atoms with Crippen LogP contribution >= 0.6 is 0 Å². The van der Waals surface area contributed by atoms with Crippen molar-refractivity contribution in [3.8, 4) is 16.9 Å². The Bertz CT molecular complexity index is 1100. The molecule has 1 aromatic heterocycles. The molecule has 5 nitrogen and oxygen atoms in total. The predicted octanol–water partition coefficient (Wildman–Crippen LogP) is 3.93. The van der Waals surface area contributed by atoms with Gasteiger partial charge in [0.05, 0.1) is 7.11 Å². The Morgan fingerprint density at radius 2 is 1.83 bits per heavy atom. The van der Waals surface area contributed by atoms with Crippen molar-refractivity contribution < 1.29 is 18.3 Å². The number of nitrogens with two attached hydrogens (primary N) is 1.